The normalized spacial score (nSPS) is 15.7. The van der Waals surface area contributed by atoms with Gasteiger partial charge < -0.3 is 10.1 Å². The molecule has 3 aromatic rings. The number of carbonyl (C=O) groups excluding carboxylic acids is 1. The molecule has 0 atom stereocenters. The number of hydrogen-bond donors (Lipinski definition) is 1. The highest BCUT2D eigenvalue weighted by Crippen LogP contribution is 2.44. The molecule has 5 nitrogen and oxygen atoms in total. The third kappa shape index (κ3) is 5.18. The summed E-state index contributed by atoms with van der Waals surface area (Å²) in [7, 11) is 0. The Labute approximate surface area is 194 Å². The summed E-state index contributed by atoms with van der Waals surface area (Å²) in [6.07, 6.45) is 2.43. The lowest BCUT2D eigenvalue weighted by atomic mass is 9.83. The fourth-order valence-corrected chi connectivity index (χ4v) is 4.09. The zero-order valence-electron chi connectivity index (χ0n) is 18.5. The summed E-state index contributed by atoms with van der Waals surface area (Å²) in [5, 5.41) is 2.75. The van der Waals surface area contributed by atoms with Gasteiger partial charge in [0.1, 0.15) is 11.6 Å². The maximum absolute atomic E-state index is 14.7. The highest BCUT2D eigenvalue weighted by Gasteiger charge is 2.37. The summed E-state index contributed by atoms with van der Waals surface area (Å²) >= 11 is 0. The van der Waals surface area contributed by atoms with Gasteiger partial charge in [0.2, 0.25) is 11.8 Å². The Morgan fingerprint density at radius 3 is 2.53 bits per heavy atom. The first-order valence-corrected chi connectivity index (χ1v) is 11.0. The van der Waals surface area contributed by atoms with Crippen molar-refractivity contribution < 1.29 is 27.1 Å². The molecule has 1 amide bonds. The fourth-order valence-electron chi connectivity index (χ4n) is 4.09. The molecule has 4 rings (SSSR count). The van der Waals surface area contributed by atoms with E-state index in [-0.39, 0.29) is 54.0 Å². The Morgan fingerprint density at radius 1 is 1.09 bits per heavy atom. The third-order valence-electron chi connectivity index (χ3n) is 5.83. The average molecular weight is 473 g/mol. The Bertz CT molecular complexity index is 1180. The minimum Gasteiger partial charge on any atom is -0.478 e. The van der Waals surface area contributed by atoms with E-state index >= 15 is 0 Å². The molecule has 1 aliphatic carbocycles. The molecule has 0 aliphatic heterocycles. The number of ether oxygens (including phenoxy) is 1. The van der Waals surface area contributed by atoms with Gasteiger partial charge in [-0.1, -0.05) is 0 Å². The lowest BCUT2D eigenvalue weighted by Gasteiger charge is -2.29. The molecule has 0 unspecified atom stereocenters. The van der Waals surface area contributed by atoms with Crippen LogP contribution < -0.4 is 10.1 Å². The maximum atomic E-state index is 14.7. The first kappa shape index (κ1) is 23.7. The summed E-state index contributed by atoms with van der Waals surface area (Å²) < 4.78 is 61.4. The number of aromatic nitrogens is 2. The molecule has 0 bridgehead atoms. The van der Waals surface area contributed by atoms with Crippen molar-refractivity contribution in [1.82, 2.24) is 9.97 Å². The van der Waals surface area contributed by atoms with Crippen LogP contribution in [0, 0.1) is 11.6 Å². The molecule has 1 N–H and O–H groups in total. The highest BCUT2D eigenvalue weighted by atomic mass is 19.3. The van der Waals surface area contributed by atoms with Gasteiger partial charge in [0, 0.05) is 48.3 Å². The quantitative estimate of drug-likeness (QED) is 0.423. The van der Waals surface area contributed by atoms with Crippen LogP contribution in [0.2, 0.25) is 0 Å². The van der Waals surface area contributed by atoms with Crippen LogP contribution in [0.5, 0.6) is 5.88 Å². The Balaban J connectivity index is 1.74. The second-order valence-electron chi connectivity index (χ2n) is 8.15. The largest absolute Gasteiger partial charge is 0.478 e. The van der Waals surface area contributed by atoms with Crippen molar-refractivity contribution >= 4 is 11.6 Å². The standard InChI is InChI=1S/C25H23F4N3O2/c1-2-34-21-6-3-16(14-31-21)24(33)32-23-18(19-13-17(26)4-5-20(19)27)9-12-30-22(23)15-7-10-25(28,29)11-8-15/h3-6,9,12-15H,2,7-8,10-11H2,1H3,(H,32,33). The van der Waals surface area contributed by atoms with Crippen LogP contribution in [0.4, 0.5) is 23.2 Å². The van der Waals surface area contributed by atoms with E-state index < -0.39 is 23.5 Å². The van der Waals surface area contributed by atoms with Gasteiger partial charge >= 0.3 is 0 Å². The molecule has 2 heterocycles. The van der Waals surface area contributed by atoms with E-state index in [0.29, 0.717) is 18.2 Å². The first-order chi connectivity index (χ1) is 16.3. The zero-order valence-corrected chi connectivity index (χ0v) is 18.5. The van der Waals surface area contributed by atoms with E-state index in [2.05, 4.69) is 15.3 Å². The van der Waals surface area contributed by atoms with Crippen molar-refractivity contribution in [2.24, 2.45) is 0 Å². The number of nitrogens with zero attached hydrogens (tertiary/aromatic N) is 2. The number of hydrogen-bond acceptors (Lipinski definition) is 4. The van der Waals surface area contributed by atoms with E-state index in [1.54, 1.807) is 13.0 Å². The van der Waals surface area contributed by atoms with Crippen LogP contribution in [0.15, 0.2) is 48.8 Å². The van der Waals surface area contributed by atoms with Crippen LogP contribution in [-0.2, 0) is 0 Å². The predicted octanol–water partition coefficient (Wildman–Crippen LogP) is 6.37. The maximum Gasteiger partial charge on any atom is 0.257 e. The highest BCUT2D eigenvalue weighted by molar-refractivity contribution is 6.06. The molecule has 34 heavy (non-hydrogen) atoms. The van der Waals surface area contributed by atoms with Crippen molar-refractivity contribution in [2.75, 3.05) is 11.9 Å². The van der Waals surface area contributed by atoms with E-state index in [9.17, 15) is 22.4 Å². The number of nitrogens with one attached hydrogen (secondary N) is 1. The number of carbonyl (C=O) groups is 1. The van der Waals surface area contributed by atoms with Crippen LogP contribution in [-0.4, -0.2) is 28.4 Å². The summed E-state index contributed by atoms with van der Waals surface area (Å²) in [5.74, 6) is -4.66. The first-order valence-electron chi connectivity index (χ1n) is 11.0. The molecule has 1 aliphatic rings. The van der Waals surface area contributed by atoms with E-state index in [1.807, 2.05) is 0 Å². The number of benzene rings is 1. The van der Waals surface area contributed by atoms with Gasteiger partial charge in [0.05, 0.1) is 23.6 Å². The minimum atomic E-state index is -2.75. The van der Waals surface area contributed by atoms with Gasteiger partial charge in [0.15, 0.2) is 0 Å². The number of anilines is 1. The smallest absolute Gasteiger partial charge is 0.257 e. The molecule has 1 aromatic carbocycles. The van der Waals surface area contributed by atoms with Crippen LogP contribution >= 0.6 is 0 Å². The van der Waals surface area contributed by atoms with E-state index in [0.717, 1.165) is 18.2 Å². The number of rotatable bonds is 6. The topological polar surface area (TPSA) is 64.1 Å². The Kier molecular flexibility index (Phi) is 6.81. The van der Waals surface area contributed by atoms with Gasteiger partial charge in [-0.3, -0.25) is 9.78 Å². The lowest BCUT2D eigenvalue weighted by molar-refractivity contribution is -0.0384. The molecule has 178 valence electrons. The average Bonchev–Trinajstić information content (AvgIpc) is 2.82. The summed E-state index contributed by atoms with van der Waals surface area (Å²) in [5.41, 5.74) is 0.889. The monoisotopic (exact) mass is 473 g/mol. The number of pyridine rings is 2. The summed E-state index contributed by atoms with van der Waals surface area (Å²) in [6.45, 7) is 2.22. The van der Waals surface area contributed by atoms with E-state index in [4.69, 9.17) is 4.74 Å². The Hall–Kier alpha value is -3.49. The molecular formula is C25H23F4N3O2. The third-order valence-corrected chi connectivity index (χ3v) is 5.83. The molecule has 1 fully saturated rings. The van der Waals surface area contributed by atoms with Gasteiger partial charge in [0.25, 0.3) is 5.91 Å². The van der Waals surface area contributed by atoms with Gasteiger partial charge in [-0.25, -0.2) is 22.5 Å². The van der Waals surface area contributed by atoms with Crippen molar-refractivity contribution in [3.05, 3.63) is 71.7 Å². The lowest BCUT2D eigenvalue weighted by Crippen LogP contribution is -2.25. The molecule has 2 aromatic heterocycles. The molecule has 0 saturated heterocycles. The minimum absolute atomic E-state index is 0.0649. The van der Waals surface area contributed by atoms with Crippen molar-refractivity contribution in [3.63, 3.8) is 0 Å². The summed E-state index contributed by atoms with van der Waals surface area (Å²) in [6, 6.07) is 7.54. The zero-order chi connectivity index (χ0) is 24.3. The van der Waals surface area contributed by atoms with E-state index in [1.165, 1.54) is 24.5 Å². The predicted molar refractivity (Wildman–Crippen MR) is 119 cm³/mol. The van der Waals surface area contributed by atoms with Crippen molar-refractivity contribution in [3.8, 4) is 17.0 Å². The van der Waals surface area contributed by atoms with Crippen LogP contribution in [0.1, 0.15) is 54.6 Å². The van der Waals surface area contributed by atoms with Crippen LogP contribution in [0.25, 0.3) is 11.1 Å². The van der Waals surface area contributed by atoms with Crippen LogP contribution in [0.3, 0.4) is 0 Å². The molecule has 9 heteroatoms. The number of amides is 1. The van der Waals surface area contributed by atoms with Gasteiger partial charge in [-0.05, 0) is 50.1 Å². The molecule has 1 saturated carbocycles. The molecular weight excluding hydrogens is 450 g/mol. The SMILES string of the molecule is CCOc1ccc(C(=O)Nc2c(-c3cc(F)ccc3F)ccnc2C2CCC(F)(F)CC2)cn1. The van der Waals surface area contributed by atoms with Crippen molar-refractivity contribution in [1.29, 1.82) is 0 Å². The van der Waals surface area contributed by atoms with Gasteiger partial charge in [-0.15, -0.1) is 0 Å². The Morgan fingerprint density at radius 2 is 1.85 bits per heavy atom. The van der Waals surface area contributed by atoms with Gasteiger partial charge in [-0.2, -0.15) is 0 Å². The fraction of sp³-hybridized carbons (Fsp3) is 0.320. The second-order valence-corrected chi connectivity index (χ2v) is 8.15. The second kappa shape index (κ2) is 9.79. The van der Waals surface area contributed by atoms with Crippen molar-refractivity contribution in [2.45, 2.75) is 44.4 Å². The molecule has 0 radical (unpaired) electrons. The number of halogens is 4. The molecule has 0 spiro atoms. The summed E-state index contributed by atoms with van der Waals surface area (Å²) in [4.78, 5) is 21.5. The number of alkyl halides is 2.